The molecule has 1 aliphatic carbocycles. The van der Waals surface area contributed by atoms with E-state index < -0.39 is 11.7 Å². The van der Waals surface area contributed by atoms with Gasteiger partial charge in [-0.2, -0.15) is 5.10 Å². The van der Waals surface area contributed by atoms with Crippen molar-refractivity contribution in [2.45, 2.75) is 25.3 Å². The predicted molar refractivity (Wildman–Crippen MR) is 121 cm³/mol. The monoisotopic (exact) mass is 432 g/mol. The molecular formula is C24H21ClN4O2. The highest BCUT2D eigenvalue weighted by molar-refractivity contribution is 6.48. The van der Waals surface area contributed by atoms with Crippen LogP contribution in [0.15, 0.2) is 60.8 Å². The van der Waals surface area contributed by atoms with Gasteiger partial charge in [0, 0.05) is 47.7 Å². The molecule has 0 saturated heterocycles. The highest BCUT2D eigenvalue weighted by Gasteiger charge is 2.28. The van der Waals surface area contributed by atoms with Crippen molar-refractivity contribution in [1.29, 1.82) is 0 Å². The number of halogens is 1. The minimum absolute atomic E-state index is 0.381. The second kappa shape index (κ2) is 7.71. The normalized spacial score (nSPS) is 13.5. The summed E-state index contributed by atoms with van der Waals surface area (Å²) in [6.07, 6.45) is 3.99. The predicted octanol–water partition coefficient (Wildman–Crippen LogP) is 4.78. The van der Waals surface area contributed by atoms with Gasteiger partial charge < -0.3 is 9.88 Å². The second-order valence-electron chi connectivity index (χ2n) is 7.95. The molecule has 1 amide bonds. The molecule has 2 aromatic carbocycles. The van der Waals surface area contributed by atoms with Crippen molar-refractivity contribution >= 4 is 40.0 Å². The van der Waals surface area contributed by atoms with E-state index in [9.17, 15) is 9.59 Å². The van der Waals surface area contributed by atoms with Gasteiger partial charge in [-0.1, -0.05) is 41.9 Å². The zero-order valence-electron chi connectivity index (χ0n) is 17.0. The third kappa shape index (κ3) is 3.86. The quantitative estimate of drug-likeness (QED) is 0.352. The standard InChI is InChI=1S/C24H21ClN4O2/c1-28-22(12-20(27-28)16-8-9-16)26-24(31)23(30)19-14-29(21-5-3-2-4-18(19)21)13-15-6-10-17(25)11-7-15/h2-7,10-12,14,16H,8-9,13H2,1H3,(H,26,31). The minimum atomic E-state index is -0.667. The van der Waals surface area contributed by atoms with Gasteiger partial charge in [0.05, 0.1) is 11.3 Å². The van der Waals surface area contributed by atoms with Gasteiger partial charge in [0.1, 0.15) is 5.82 Å². The number of benzene rings is 2. The number of rotatable bonds is 6. The molecule has 4 aromatic rings. The first kappa shape index (κ1) is 19.6. The Hall–Kier alpha value is -3.38. The lowest BCUT2D eigenvalue weighted by Gasteiger charge is -2.05. The van der Waals surface area contributed by atoms with Gasteiger partial charge >= 0.3 is 0 Å². The Morgan fingerprint density at radius 2 is 1.87 bits per heavy atom. The van der Waals surface area contributed by atoms with Crippen LogP contribution in [0.1, 0.15) is 40.4 Å². The summed E-state index contributed by atoms with van der Waals surface area (Å²) in [7, 11) is 1.77. The molecule has 7 heteroatoms. The van der Waals surface area contributed by atoms with Gasteiger partial charge in [0.25, 0.3) is 11.7 Å². The summed E-state index contributed by atoms with van der Waals surface area (Å²) in [5.41, 5.74) is 3.29. The van der Waals surface area contributed by atoms with Crippen LogP contribution in [0, 0.1) is 0 Å². The van der Waals surface area contributed by atoms with Crippen LogP contribution in [0.4, 0.5) is 5.82 Å². The molecule has 1 aliphatic rings. The number of ketones is 1. The van der Waals surface area contributed by atoms with Crippen LogP contribution >= 0.6 is 11.6 Å². The summed E-state index contributed by atoms with van der Waals surface area (Å²) in [4.78, 5) is 25.8. The van der Waals surface area contributed by atoms with Crippen molar-refractivity contribution in [3.05, 3.63) is 82.6 Å². The van der Waals surface area contributed by atoms with Crippen molar-refractivity contribution in [3.8, 4) is 0 Å². The third-order valence-corrected chi connectivity index (χ3v) is 5.89. The van der Waals surface area contributed by atoms with Crippen LogP contribution in [0.25, 0.3) is 10.9 Å². The number of carbonyl (C=O) groups excluding carboxylic acids is 2. The molecule has 5 rings (SSSR count). The number of para-hydroxylation sites is 1. The number of anilines is 1. The summed E-state index contributed by atoms with van der Waals surface area (Å²) in [6, 6.07) is 17.0. The molecule has 31 heavy (non-hydrogen) atoms. The van der Waals surface area contributed by atoms with Crippen molar-refractivity contribution < 1.29 is 9.59 Å². The van der Waals surface area contributed by atoms with Crippen molar-refractivity contribution in [1.82, 2.24) is 14.3 Å². The van der Waals surface area contributed by atoms with Crippen molar-refractivity contribution in [2.24, 2.45) is 7.05 Å². The Kier molecular flexibility index (Phi) is 4.87. The van der Waals surface area contributed by atoms with Crippen LogP contribution in [-0.2, 0) is 18.4 Å². The fraction of sp³-hybridized carbons (Fsp3) is 0.208. The van der Waals surface area contributed by atoms with E-state index in [1.807, 2.05) is 59.2 Å². The number of carbonyl (C=O) groups is 2. The molecule has 6 nitrogen and oxygen atoms in total. The molecule has 1 N–H and O–H groups in total. The van der Waals surface area contributed by atoms with E-state index in [-0.39, 0.29) is 0 Å². The van der Waals surface area contributed by atoms with Gasteiger partial charge in [0.2, 0.25) is 0 Å². The lowest BCUT2D eigenvalue weighted by atomic mass is 10.1. The molecule has 2 aromatic heterocycles. The van der Waals surface area contributed by atoms with Gasteiger partial charge in [-0.15, -0.1) is 0 Å². The van der Waals surface area contributed by atoms with Gasteiger partial charge in [-0.05, 0) is 36.6 Å². The molecule has 1 saturated carbocycles. The Balaban J connectivity index is 1.43. The van der Waals surface area contributed by atoms with E-state index in [2.05, 4.69) is 10.4 Å². The Morgan fingerprint density at radius 3 is 2.61 bits per heavy atom. The molecule has 0 radical (unpaired) electrons. The van der Waals surface area contributed by atoms with E-state index in [4.69, 9.17) is 11.6 Å². The van der Waals surface area contributed by atoms with Crippen LogP contribution in [-0.4, -0.2) is 26.0 Å². The zero-order valence-corrected chi connectivity index (χ0v) is 17.8. The molecule has 0 spiro atoms. The maximum Gasteiger partial charge on any atom is 0.297 e. The molecule has 156 valence electrons. The summed E-state index contributed by atoms with van der Waals surface area (Å²) in [5.74, 6) is -0.233. The largest absolute Gasteiger partial charge is 0.342 e. The maximum atomic E-state index is 13.1. The Labute approximate surface area is 184 Å². The summed E-state index contributed by atoms with van der Waals surface area (Å²) >= 11 is 5.99. The topological polar surface area (TPSA) is 68.9 Å². The highest BCUT2D eigenvalue weighted by Crippen LogP contribution is 2.40. The number of fused-ring (bicyclic) bond motifs is 1. The molecule has 2 heterocycles. The SMILES string of the molecule is Cn1nc(C2CC2)cc1NC(=O)C(=O)c1cn(Cc2ccc(Cl)cc2)c2ccccc12. The number of nitrogens with zero attached hydrogens (tertiary/aromatic N) is 3. The van der Waals surface area contributed by atoms with E-state index >= 15 is 0 Å². The fourth-order valence-corrected chi connectivity index (χ4v) is 3.95. The van der Waals surface area contributed by atoms with Crippen molar-refractivity contribution in [3.63, 3.8) is 0 Å². The molecule has 0 bridgehead atoms. The molecule has 1 fully saturated rings. The number of hydrogen-bond donors (Lipinski definition) is 1. The zero-order chi connectivity index (χ0) is 21.5. The first-order valence-corrected chi connectivity index (χ1v) is 10.6. The summed E-state index contributed by atoms with van der Waals surface area (Å²) in [6.45, 7) is 0.569. The summed E-state index contributed by atoms with van der Waals surface area (Å²) in [5, 5.41) is 8.60. The van der Waals surface area contributed by atoms with Gasteiger partial charge in [-0.25, -0.2) is 0 Å². The molecular weight excluding hydrogens is 412 g/mol. The van der Waals surface area contributed by atoms with E-state index in [1.54, 1.807) is 17.9 Å². The van der Waals surface area contributed by atoms with Crippen LogP contribution in [0.2, 0.25) is 5.02 Å². The minimum Gasteiger partial charge on any atom is -0.342 e. The number of hydrogen-bond acceptors (Lipinski definition) is 3. The number of amides is 1. The van der Waals surface area contributed by atoms with Crippen LogP contribution in [0.5, 0.6) is 0 Å². The lowest BCUT2D eigenvalue weighted by molar-refractivity contribution is -0.112. The summed E-state index contributed by atoms with van der Waals surface area (Å²) < 4.78 is 3.59. The van der Waals surface area contributed by atoms with Crippen molar-refractivity contribution in [2.75, 3.05) is 5.32 Å². The highest BCUT2D eigenvalue weighted by atomic mass is 35.5. The van der Waals surface area contributed by atoms with Gasteiger partial charge in [0.15, 0.2) is 0 Å². The van der Waals surface area contributed by atoms with Crippen LogP contribution < -0.4 is 5.32 Å². The Morgan fingerprint density at radius 1 is 1.13 bits per heavy atom. The number of Topliss-reactive ketones (excluding diaryl/α,β-unsaturated/α-hetero) is 1. The smallest absolute Gasteiger partial charge is 0.297 e. The molecule has 0 unspecified atom stereocenters. The number of aromatic nitrogens is 3. The fourth-order valence-electron chi connectivity index (χ4n) is 3.83. The molecule has 0 aliphatic heterocycles. The number of aryl methyl sites for hydroxylation is 1. The van der Waals surface area contributed by atoms with Crippen LogP contribution in [0.3, 0.4) is 0 Å². The first-order chi connectivity index (χ1) is 15.0. The van der Waals surface area contributed by atoms with E-state index in [0.717, 1.165) is 35.0 Å². The average Bonchev–Trinajstić information content (AvgIpc) is 3.47. The lowest BCUT2D eigenvalue weighted by Crippen LogP contribution is -2.24. The maximum absolute atomic E-state index is 13.1. The second-order valence-corrected chi connectivity index (χ2v) is 8.39. The number of nitrogens with one attached hydrogen (secondary N) is 1. The molecule has 0 atom stereocenters. The third-order valence-electron chi connectivity index (χ3n) is 5.64. The average molecular weight is 433 g/mol. The first-order valence-electron chi connectivity index (χ1n) is 10.2. The van der Waals surface area contributed by atoms with E-state index in [1.165, 1.54) is 0 Å². The Bertz CT molecular complexity index is 1300. The van der Waals surface area contributed by atoms with E-state index in [0.29, 0.717) is 28.9 Å². The van der Waals surface area contributed by atoms with Gasteiger partial charge in [-0.3, -0.25) is 14.3 Å².